The Morgan fingerprint density at radius 3 is 2.56 bits per heavy atom. The zero-order chi connectivity index (χ0) is 13.7. The minimum atomic E-state index is -0.595. The van der Waals surface area contributed by atoms with Crippen molar-refractivity contribution in [1.29, 1.82) is 0 Å². The largest absolute Gasteiger partial charge is 0.396 e. The van der Waals surface area contributed by atoms with Crippen molar-refractivity contribution in [2.75, 3.05) is 17.6 Å². The third-order valence-corrected chi connectivity index (χ3v) is 2.26. The molecule has 0 aliphatic heterocycles. The summed E-state index contributed by atoms with van der Waals surface area (Å²) in [5.41, 5.74) is 12.0. The minimum Gasteiger partial charge on any atom is -0.396 e. The lowest BCUT2D eigenvalue weighted by atomic mass is 10.1. The van der Waals surface area contributed by atoms with Crippen LogP contribution in [-0.4, -0.2) is 24.4 Å². The number of nitrogen functional groups attached to an aromatic ring is 1. The Morgan fingerprint density at radius 2 is 2.00 bits per heavy atom. The van der Waals surface area contributed by atoms with Gasteiger partial charge in [0.1, 0.15) is 0 Å². The van der Waals surface area contributed by atoms with Crippen LogP contribution >= 0.6 is 0 Å². The van der Waals surface area contributed by atoms with Gasteiger partial charge in [0, 0.05) is 6.04 Å². The van der Waals surface area contributed by atoms with Gasteiger partial charge in [-0.15, -0.1) is 0 Å². The van der Waals surface area contributed by atoms with Crippen LogP contribution < -0.4 is 22.1 Å². The first-order valence-corrected chi connectivity index (χ1v) is 5.63. The monoisotopic (exact) mass is 250 g/mol. The van der Waals surface area contributed by atoms with Crippen LogP contribution in [0.1, 0.15) is 24.2 Å². The summed E-state index contributed by atoms with van der Waals surface area (Å²) in [6, 6.07) is 4.95. The molecule has 98 valence electrons. The third-order valence-electron chi connectivity index (χ3n) is 2.26. The predicted molar refractivity (Wildman–Crippen MR) is 71.1 cm³/mol. The Kier molecular flexibility index (Phi) is 4.53. The molecule has 0 bridgehead atoms. The van der Waals surface area contributed by atoms with Crippen molar-refractivity contribution >= 4 is 23.2 Å². The van der Waals surface area contributed by atoms with Crippen molar-refractivity contribution in [2.24, 2.45) is 5.73 Å². The van der Waals surface area contributed by atoms with Gasteiger partial charge in [-0.25, -0.2) is 0 Å². The average Bonchev–Trinajstić information content (AvgIpc) is 2.26. The van der Waals surface area contributed by atoms with E-state index in [1.807, 2.05) is 13.8 Å². The highest BCUT2D eigenvalue weighted by Gasteiger charge is 2.10. The lowest BCUT2D eigenvalue weighted by Gasteiger charge is -2.12. The summed E-state index contributed by atoms with van der Waals surface area (Å²) in [5.74, 6) is -0.739. The molecule has 1 rings (SSSR count). The van der Waals surface area contributed by atoms with Gasteiger partial charge >= 0.3 is 0 Å². The maximum atomic E-state index is 11.5. The van der Waals surface area contributed by atoms with Crippen LogP contribution in [0.15, 0.2) is 18.2 Å². The van der Waals surface area contributed by atoms with Crippen LogP contribution in [0.3, 0.4) is 0 Å². The smallest absolute Gasteiger partial charge is 0.250 e. The second-order valence-electron chi connectivity index (χ2n) is 4.21. The molecular weight excluding hydrogens is 232 g/mol. The van der Waals surface area contributed by atoms with Gasteiger partial charge in [0.25, 0.3) is 5.91 Å². The summed E-state index contributed by atoms with van der Waals surface area (Å²) < 4.78 is 0. The van der Waals surface area contributed by atoms with Gasteiger partial charge in [-0.1, -0.05) is 6.07 Å². The summed E-state index contributed by atoms with van der Waals surface area (Å²) in [6.45, 7) is 3.84. The molecule has 1 aromatic rings. The number of rotatable bonds is 5. The minimum absolute atomic E-state index is 0.0774. The fourth-order valence-corrected chi connectivity index (χ4v) is 1.48. The number of primary amides is 1. The van der Waals surface area contributed by atoms with Gasteiger partial charge in [0.2, 0.25) is 5.91 Å². The van der Waals surface area contributed by atoms with E-state index >= 15 is 0 Å². The highest BCUT2D eigenvalue weighted by molar-refractivity contribution is 6.01. The Balaban J connectivity index is 2.71. The molecule has 0 heterocycles. The number of nitrogens with one attached hydrogen (secondary N) is 2. The first-order chi connectivity index (χ1) is 8.41. The van der Waals surface area contributed by atoms with E-state index in [9.17, 15) is 9.59 Å². The Hall–Kier alpha value is -2.24. The Labute approximate surface area is 106 Å². The van der Waals surface area contributed by atoms with Crippen molar-refractivity contribution in [1.82, 2.24) is 5.32 Å². The summed E-state index contributed by atoms with van der Waals surface area (Å²) in [5, 5.41) is 5.60. The number of benzene rings is 1. The number of nitrogens with two attached hydrogens (primary N) is 2. The topological polar surface area (TPSA) is 110 Å². The van der Waals surface area contributed by atoms with E-state index < -0.39 is 5.91 Å². The lowest BCUT2D eigenvalue weighted by Crippen LogP contribution is -2.35. The summed E-state index contributed by atoms with van der Waals surface area (Å²) in [4.78, 5) is 22.5. The molecular formula is C12H18N4O2. The van der Waals surface area contributed by atoms with Crippen molar-refractivity contribution in [3.05, 3.63) is 23.8 Å². The Morgan fingerprint density at radius 1 is 1.33 bits per heavy atom. The van der Waals surface area contributed by atoms with Crippen LogP contribution in [0.25, 0.3) is 0 Å². The average molecular weight is 250 g/mol. The molecule has 0 saturated heterocycles. The van der Waals surface area contributed by atoms with E-state index in [2.05, 4.69) is 10.6 Å². The Bertz CT molecular complexity index is 457. The van der Waals surface area contributed by atoms with Crippen molar-refractivity contribution < 1.29 is 9.59 Å². The SMILES string of the molecule is CC(C)NC(=O)CNc1cccc(C(N)=O)c1N. The number of anilines is 2. The van der Waals surface area contributed by atoms with Gasteiger partial charge in [-0.2, -0.15) is 0 Å². The van der Waals surface area contributed by atoms with E-state index in [0.29, 0.717) is 5.69 Å². The number of para-hydroxylation sites is 1. The first-order valence-electron chi connectivity index (χ1n) is 5.63. The molecule has 0 aromatic heterocycles. The molecule has 0 aliphatic carbocycles. The molecule has 0 aliphatic rings. The van der Waals surface area contributed by atoms with E-state index in [1.165, 1.54) is 6.07 Å². The first kappa shape index (κ1) is 13.8. The molecule has 0 unspecified atom stereocenters. The van der Waals surface area contributed by atoms with Crippen molar-refractivity contribution in [3.63, 3.8) is 0 Å². The van der Waals surface area contributed by atoms with Crippen LogP contribution in [0, 0.1) is 0 Å². The molecule has 6 nitrogen and oxygen atoms in total. The normalized spacial score (nSPS) is 10.2. The summed E-state index contributed by atoms with van der Waals surface area (Å²) in [6.07, 6.45) is 0. The maximum Gasteiger partial charge on any atom is 0.250 e. The van der Waals surface area contributed by atoms with Crippen LogP contribution in [-0.2, 0) is 4.79 Å². The number of amides is 2. The zero-order valence-corrected chi connectivity index (χ0v) is 10.5. The highest BCUT2D eigenvalue weighted by atomic mass is 16.2. The van der Waals surface area contributed by atoms with Crippen LogP contribution in [0.2, 0.25) is 0 Å². The standard InChI is InChI=1S/C12H18N4O2/c1-7(2)16-10(17)6-15-9-5-3-4-8(11(9)13)12(14)18/h3-5,7,15H,6,13H2,1-2H3,(H2,14,18)(H,16,17). The predicted octanol–water partition coefficient (Wildman–Crippen LogP) is 0.304. The van der Waals surface area contributed by atoms with E-state index in [0.717, 1.165) is 0 Å². The number of carbonyl (C=O) groups is 2. The highest BCUT2D eigenvalue weighted by Crippen LogP contribution is 2.21. The number of hydrogen-bond acceptors (Lipinski definition) is 4. The fraction of sp³-hybridized carbons (Fsp3) is 0.333. The molecule has 0 atom stereocenters. The number of carbonyl (C=O) groups excluding carboxylic acids is 2. The maximum absolute atomic E-state index is 11.5. The molecule has 18 heavy (non-hydrogen) atoms. The lowest BCUT2D eigenvalue weighted by molar-refractivity contribution is -0.119. The number of hydrogen-bond donors (Lipinski definition) is 4. The molecule has 2 amide bonds. The third kappa shape index (κ3) is 3.65. The molecule has 0 radical (unpaired) electrons. The van der Waals surface area contributed by atoms with E-state index in [4.69, 9.17) is 11.5 Å². The van der Waals surface area contributed by atoms with Gasteiger partial charge < -0.3 is 22.1 Å². The summed E-state index contributed by atoms with van der Waals surface area (Å²) >= 11 is 0. The van der Waals surface area contributed by atoms with Gasteiger partial charge in [-0.05, 0) is 26.0 Å². The molecule has 0 spiro atoms. The van der Waals surface area contributed by atoms with Crippen molar-refractivity contribution in [3.8, 4) is 0 Å². The second kappa shape index (κ2) is 5.90. The molecule has 6 heteroatoms. The van der Waals surface area contributed by atoms with E-state index in [-0.39, 0.29) is 29.7 Å². The molecule has 6 N–H and O–H groups in total. The second-order valence-corrected chi connectivity index (χ2v) is 4.21. The molecule has 0 saturated carbocycles. The van der Waals surface area contributed by atoms with Gasteiger partial charge in [0.05, 0.1) is 23.5 Å². The zero-order valence-electron chi connectivity index (χ0n) is 10.5. The molecule has 1 aromatic carbocycles. The fourth-order valence-electron chi connectivity index (χ4n) is 1.48. The van der Waals surface area contributed by atoms with Gasteiger partial charge in [-0.3, -0.25) is 9.59 Å². The van der Waals surface area contributed by atoms with Crippen LogP contribution in [0.4, 0.5) is 11.4 Å². The molecule has 0 fully saturated rings. The van der Waals surface area contributed by atoms with Crippen molar-refractivity contribution in [2.45, 2.75) is 19.9 Å². The van der Waals surface area contributed by atoms with Crippen LogP contribution in [0.5, 0.6) is 0 Å². The van der Waals surface area contributed by atoms with E-state index in [1.54, 1.807) is 12.1 Å². The summed E-state index contributed by atoms with van der Waals surface area (Å²) in [7, 11) is 0. The van der Waals surface area contributed by atoms with Gasteiger partial charge in [0.15, 0.2) is 0 Å². The quantitative estimate of drug-likeness (QED) is 0.563.